The van der Waals surface area contributed by atoms with Crippen molar-refractivity contribution in [2.45, 2.75) is 38.8 Å². The summed E-state index contributed by atoms with van der Waals surface area (Å²) in [6.07, 6.45) is 8.21. The van der Waals surface area contributed by atoms with Crippen molar-refractivity contribution in [1.29, 1.82) is 0 Å². The number of rotatable bonds is 7. The Morgan fingerprint density at radius 3 is 3.05 bits per heavy atom. The highest BCUT2D eigenvalue weighted by Gasteiger charge is 2.39. The van der Waals surface area contributed by atoms with Crippen molar-refractivity contribution in [2.75, 3.05) is 20.3 Å². The lowest BCUT2D eigenvalue weighted by Gasteiger charge is -2.23. The minimum absolute atomic E-state index is 0.785. The second-order valence-electron chi connectivity index (χ2n) is 6.26. The van der Waals surface area contributed by atoms with Crippen LogP contribution in [0.1, 0.15) is 31.4 Å². The zero-order chi connectivity index (χ0) is 13.1. The smallest absolute Gasteiger partial charge is 0.0587 e. The SMILES string of the molecule is COCCNCc1cccn1CC1CC2CCC1C2. The van der Waals surface area contributed by atoms with Gasteiger partial charge in [-0.1, -0.05) is 6.42 Å². The van der Waals surface area contributed by atoms with E-state index in [0.29, 0.717) is 0 Å². The molecule has 1 N–H and O–H groups in total. The molecule has 0 amide bonds. The standard InChI is InChI=1S/C16H26N2O/c1-19-8-6-17-11-16-3-2-7-18(16)12-15-10-13-4-5-14(15)9-13/h2-3,7,13-15,17H,4-6,8-12H2,1H3. The fourth-order valence-electron chi connectivity index (χ4n) is 4.03. The highest BCUT2D eigenvalue weighted by molar-refractivity contribution is 5.07. The van der Waals surface area contributed by atoms with Crippen molar-refractivity contribution in [2.24, 2.45) is 17.8 Å². The predicted octanol–water partition coefficient (Wildman–Crippen LogP) is 2.66. The predicted molar refractivity (Wildman–Crippen MR) is 77.0 cm³/mol. The molecule has 2 saturated carbocycles. The molecule has 2 aliphatic rings. The van der Waals surface area contributed by atoms with Gasteiger partial charge in [-0.3, -0.25) is 0 Å². The van der Waals surface area contributed by atoms with Crippen LogP contribution in [0.15, 0.2) is 18.3 Å². The third-order valence-electron chi connectivity index (χ3n) is 5.03. The van der Waals surface area contributed by atoms with Crippen molar-refractivity contribution < 1.29 is 4.74 Å². The zero-order valence-electron chi connectivity index (χ0n) is 12.0. The molecule has 106 valence electrons. The molecule has 3 unspecified atom stereocenters. The van der Waals surface area contributed by atoms with Crippen LogP contribution in [0.2, 0.25) is 0 Å². The van der Waals surface area contributed by atoms with E-state index in [1.54, 1.807) is 7.11 Å². The fourth-order valence-corrected chi connectivity index (χ4v) is 4.03. The van der Waals surface area contributed by atoms with E-state index >= 15 is 0 Å². The maximum Gasteiger partial charge on any atom is 0.0587 e. The molecule has 2 aliphatic carbocycles. The number of hydrogen-bond donors (Lipinski definition) is 1. The quantitative estimate of drug-likeness (QED) is 0.765. The molecule has 19 heavy (non-hydrogen) atoms. The number of methoxy groups -OCH3 is 1. The Balaban J connectivity index is 1.52. The summed E-state index contributed by atoms with van der Waals surface area (Å²) in [5, 5.41) is 3.44. The first kappa shape index (κ1) is 13.2. The Morgan fingerprint density at radius 2 is 2.32 bits per heavy atom. The molecule has 0 saturated heterocycles. The van der Waals surface area contributed by atoms with Crippen LogP contribution in [0.3, 0.4) is 0 Å². The highest BCUT2D eigenvalue weighted by Crippen LogP contribution is 2.48. The lowest BCUT2D eigenvalue weighted by molar-refractivity contribution is 0.198. The molecule has 1 heterocycles. The number of hydrogen-bond acceptors (Lipinski definition) is 2. The largest absolute Gasteiger partial charge is 0.383 e. The third-order valence-corrected chi connectivity index (χ3v) is 5.03. The monoisotopic (exact) mass is 262 g/mol. The lowest BCUT2D eigenvalue weighted by atomic mass is 9.89. The molecule has 0 radical (unpaired) electrons. The summed E-state index contributed by atoms with van der Waals surface area (Å²) in [6, 6.07) is 4.42. The van der Waals surface area contributed by atoms with Crippen LogP contribution in [0, 0.1) is 17.8 Å². The number of nitrogens with zero attached hydrogens (tertiary/aromatic N) is 1. The van der Waals surface area contributed by atoms with Crippen molar-refractivity contribution in [3.63, 3.8) is 0 Å². The average molecular weight is 262 g/mol. The first-order valence-electron chi connectivity index (χ1n) is 7.70. The molecule has 3 nitrogen and oxygen atoms in total. The van der Waals surface area contributed by atoms with E-state index in [4.69, 9.17) is 4.74 Å². The molecule has 3 rings (SSSR count). The van der Waals surface area contributed by atoms with E-state index in [2.05, 4.69) is 28.2 Å². The molecular weight excluding hydrogens is 236 g/mol. The van der Waals surface area contributed by atoms with Crippen LogP contribution < -0.4 is 5.32 Å². The second-order valence-corrected chi connectivity index (χ2v) is 6.26. The van der Waals surface area contributed by atoms with Gasteiger partial charge in [0.2, 0.25) is 0 Å². The zero-order valence-corrected chi connectivity index (χ0v) is 12.0. The number of aromatic nitrogens is 1. The minimum Gasteiger partial charge on any atom is -0.383 e. The van der Waals surface area contributed by atoms with E-state index in [1.165, 1.54) is 37.9 Å². The second kappa shape index (κ2) is 6.10. The highest BCUT2D eigenvalue weighted by atomic mass is 16.5. The van der Waals surface area contributed by atoms with Crippen LogP contribution in [-0.4, -0.2) is 24.8 Å². The van der Waals surface area contributed by atoms with Gasteiger partial charge in [-0.2, -0.15) is 0 Å². The molecule has 0 aliphatic heterocycles. The Bertz CT molecular complexity index is 401. The van der Waals surface area contributed by atoms with Gasteiger partial charge in [0, 0.05) is 38.6 Å². The summed E-state index contributed by atoms with van der Waals surface area (Å²) in [7, 11) is 1.75. The molecule has 3 heteroatoms. The third kappa shape index (κ3) is 3.03. The number of ether oxygens (including phenoxy) is 1. The Morgan fingerprint density at radius 1 is 1.37 bits per heavy atom. The van der Waals surface area contributed by atoms with Gasteiger partial charge in [-0.15, -0.1) is 0 Å². The van der Waals surface area contributed by atoms with Gasteiger partial charge in [0.1, 0.15) is 0 Å². The van der Waals surface area contributed by atoms with Gasteiger partial charge >= 0.3 is 0 Å². The van der Waals surface area contributed by atoms with E-state index in [9.17, 15) is 0 Å². The summed E-state index contributed by atoms with van der Waals surface area (Å²) >= 11 is 0. The molecule has 1 aromatic heterocycles. The minimum atomic E-state index is 0.785. The summed E-state index contributed by atoms with van der Waals surface area (Å²) in [5.41, 5.74) is 1.42. The molecule has 0 aromatic carbocycles. The Hall–Kier alpha value is -0.800. The van der Waals surface area contributed by atoms with Crippen LogP contribution in [0.25, 0.3) is 0 Å². The number of fused-ring (bicyclic) bond motifs is 2. The van der Waals surface area contributed by atoms with Gasteiger partial charge in [0.05, 0.1) is 6.61 Å². The van der Waals surface area contributed by atoms with Crippen molar-refractivity contribution in [3.05, 3.63) is 24.0 Å². The van der Waals surface area contributed by atoms with Gasteiger partial charge in [-0.25, -0.2) is 0 Å². The molecule has 2 bridgehead atoms. The molecule has 0 spiro atoms. The van der Waals surface area contributed by atoms with E-state index in [0.717, 1.165) is 37.5 Å². The molecule has 1 aromatic rings. The van der Waals surface area contributed by atoms with E-state index in [1.807, 2.05) is 0 Å². The van der Waals surface area contributed by atoms with E-state index in [-0.39, 0.29) is 0 Å². The Labute approximate surface area is 116 Å². The van der Waals surface area contributed by atoms with Gasteiger partial charge < -0.3 is 14.6 Å². The first-order valence-corrected chi connectivity index (χ1v) is 7.70. The lowest BCUT2D eigenvalue weighted by Crippen LogP contribution is -2.23. The van der Waals surface area contributed by atoms with Crippen LogP contribution in [-0.2, 0) is 17.8 Å². The normalized spacial score (nSPS) is 29.2. The fraction of sp³-hybridized carbons (Fsp3) is 0.750. The molecule has 3 atom stereocenters. The molecule has 2 fully saturated rings. The van der Waals surface area contributed by atoms with Gasteiger partial charge in [0.25, 0.3) is 0 Å². The maximum atomic E-state index is 5.06. The summed E-state index contributed by atoms with van der Waals surface area (Å²) in [6.45, 7) is 3.90. The topological polar surface area (TPSA) is 26.2 Å². The van der Waals surface area contributed by atoms with Crippen molar-refractivity contribution in [1.82, 2.24) is 9.88 Å². The van der Waals surface area contributed by atoms with Crippen LogP contribution in [0.4, 0.5) is 0 Å². The summed E-state index contributed by atoms with van der Waals surface area (Å²) in [4.78, 5) is 0. The summed E-state index contributed by atoms with van der Waals surface area (Å²) < 4.78 is 7.53. The van der Waals surface area contributed by atoms with Crippen molar-refractivity contribution >= 4 is 0 Å². The van der Waals surface area contributed by atoms with E-state index < -0.39 is 0 Å². The van der Waals surface area contributed by atoms with Crippen molar-refractivity contribution in [3.8, 4) is 0 Å². The van der Waals surface area contributed by atoms with Gasteiger partial charge in [0.15, 0.2) is 0 Å². The maximum absolute atomic E-state index is 5.06. The first-order chi connectivity index (χ1) is 9.36. The summed E-state index contributed by atoms with van der Waals surface area (Å²) in [5.74, 6) is 3.00. The van der Waals surface area contributed by atoms with Crippen LogP contribution >= 0.6 is 0 Å². The Kier molecular flexibility index (Phi) is 4.24. The average Bonchev–Trinajstić information content (AvgIpc) is 3.12. The van der Waals surface area contributed by atoms with Crippen LogP contribution in [0.5, 0.6) is 0 Å². The van der Waals surface area contributed by atoms with Gasteiger partial charge in [-0.05, 0) is 49.1 Å². The number of nitrogens with one attached hydrogen (secondary N) is 1. The molecular formula is C16H26N2O.